The van der Waals surface area contributed by atoms with Gasteiger partial charge in [-0.3, -0.25) is 0 Å². The molecule has 0 radical (unpaired) electrons. The molecule has 1 aromatic rings. The SMILES string of the molecule is C.C.CC.CC(C)CC(c1cc(C(C)(C)C)cc(C(C)(C)C)c1)C(C)(C)C. The van der Waals surface area contributed by atoms with Gasteiger partial charge < -0.3 is 0 Å². The molecule has 0 aliphatic heterocycles. The Balaban J connectivity index is -0.00000139. The summed E-state index contributed by atoms with van der Waals surface area (Å²) in [5, 5.41) is 0. The van der Waals surface area contributed by atoms with Crippen LogP contribution in [0, 0.1) is 11.3 Å². The fourth-order valence-electron chi connectivity index (χ4n) is 3.18. The third-order valence-corrected chi connectivity index (χ3v) is 4.84. The van der Waals surface area contributed by atoms with Crippen molar-refractivity contribution in [1.82, 2.24) is 0 Å². The molecule has 0 heteroatoms. The summed E-state index contributed by atoms with van der Waals surface area (Å²) in [6.07, 6.45) is 1.25. The lowest BCUT2D eigenvalue weighted by Gasteiger charge is -2.35. The van der Waals surface area contributed by atoms with Crippen LogP contribution in [0.15, 0.2) is 18.2 Å². The van der Waals surface area contributed by atoms with Crippen LogP contribution in [0.25, 0.3) is 0 Å². The molecule has 162 valence electrons. The van der Waals surface area contributed by atoms with Gasteiger partial charge in [0, 0.05) is 0 Å². The van der Waals surface area contributed by atoms with Crippen LogP contribution in [0.2, 0.25) is 0 Å². The van der Waals surface area contributed by atoms with E-state index in [9.17, 15) is 0 Å². The third-order valence-electron chi connectivity index (χ3n) is 4.84. The predicted octanol–water partition coefficient (Wildman–Crippen LogP) is 9.76. The summed E-state index contributed by atoms with van der Waals surface area (Å²) in [6, 6.07) is 7.39. The van der Waals surface area contributed by atoms with Gasteiger partial charge in [0.05, 0.1) is 0 Å². The molecule has 0 bridgehead atoms. The van der Waals surface area contributed by atoms with Crippen molar-refractivity contribution in [2.45, 2.75) is 128 Å². The topological polar surface area (TPSA) is 0 Å². The Bertz CT molecular complexity index is 480. The van der Waals surface area contributed by atoms with Crippen molar-refractivity contribution in [3.8, 4) is 0 Å². The summed E-state index contributed by atoms with van der Waals surface area (Å²) in [7, 11) is 0. The lowest BCUT2D eigenvalue weighted by molar-refractivity contribution is 0.279. The summed E-state index contributed by atoms with van der Waals surface area (Å²) >= 11 is 0. The zero-order chi connectivity index (χ0) is 20.2. The van der Waals surface area contributed by atoms with Crippen LogP contribution in [0.5, 0.6) is 0 Å². The number of hydrogen-bond donors (Lipinski definition) is 0. The van der Waals surface area contributed by atoms with E-state index in [0.29, 0.717) is 5.92 Å². The molecule has 0 amide bonds. The first-order valence-electron chi connectivity index (χ1n) is 10.3. The molecule has 1 rings (SSSR count). The average Bonchev–Trinajstić information content (AvgIpc) is 2.43. The molecule has 0 N–H and O–H groups in total. The highest BCUT2D eigenvalue weighted by Crippen LogP contribution is 2.42. The van der Waals surface area contributed by atoms with Crippen molar-refractivity contribution < 1.29 is 0 Å². The molecule has 0 fully saturated rings. The molecule has 1 atom stereocenters. The van der Waals surface area contributed by atoms with Crippen LogP contribution < -0.4 is 0 Å². The van der Waals surface area contributed by atoms with Gasteiger partial charge in [0.15, 0.2) is 0 Å². The molecule has 0 aromatic heterocycles. The van der Waals surface area contributed by atoms with Gasteiger partial charge in [-0.15, -0.1) is 0 Å². The van der Waals surface area contributed by atoms with E-state index in [1.807, 2.05) is 13.8 Å². The van der Waals surface area contributed by atoms with Crippen LogP contribution in [0.3, 0.4) is 0 Å². The van der Waals surface area contributed by atoms with Crippen LogP contribution in [-0.4, -0.2) is 0 Å². The van der Waals surface area contributed by atoms with E-state index >= 15 is 0 Å². The predicted molar refractivity (Wildman–Crippen MR) is 130 cm³/mol. The first-order chi connectivity index (χ1) is 11.1. The van der Waals surface area contributed by atoms with E-state index < -0.39 is 0 Å². The van der Waals surface area contributed by atoms with Crippen LogP contribution >= 0.6 is 0 Å². The van der Waals surface area contributed by atoms with E-state index in [1.54, 1.807) is 0 Å². The Morgan fingerprint density at radius 1 is 0.667 bits per heavy atom. The molecule has 0 aliphatic carbocycles. The maximum atomic E-state index is 2.48. The Kier molecular flexibility index (Phi) is 12.9. The van der Waals surface area contributed by atoms with E-state index in [1.165, 1.54) is 23.1 Å². The molecule has 0 saturated carbocycles. The normalized spacial score (nSPS) is 13.1. The van der Waals surface area contributed by atoms with Gasteiger partial charge in [-0.2, -0.15) is 0 Å². The number of rotatable bonds is 3. The van der Waals surface area contributed by atoms with E-state index in [2.05, 4.69) is 94.4 Å². The highest BCUT2D eigenvalue weighted by Gasteiger charge is 2.29. The maximum absolute atomic E-state index is 2.48. The minimum Gasteiger partial charge on any atom is -0.0776 e. The zero-order valence-corrected chi connectivity index (χ0v) is 19.6. The van der Waals surface area contributed by atoms with Crippen LogP contribution in [-0.2, 0) is 10.8 Å². The molecule has 27 heavy (non-hydrogen) atoms. The summed E-state index contributed by atoms with van der Waals surface area (Å²) in [5.74, 6) is 1.32. The van der Waals surface area contributed by atoms with Gasteiger partial charge >= 0.3 is 0 Å². The van der Waals surface area contributed by atoms with Crippen molar-refractivity contribution in [3.05, 3.63) is 34.9 Å². The van der Waals surface area contributed by atoms with Crippen molar-refractivity contribution in [2.75, 3.05) is 0 Å². The fourth-order valence-corrected chi connectivity index (χ4v) is 3.18. The molecule has 1 aromatic carbocycles. The second-order valence-electron chi connectivity index (χ2n) is 10.9. The van der Waals surface area contributed by atoms with Crippen LogP contribution in [0.1, 0.15) is 134 Å². The lowest BCUT2D eigenvalue weighted by Crippen LogP contribution is -2.23. The summed E-state index contributed by atoms with van der Waals surface area (Å²) in [4.78, 5) is 0. The Morgan fingerprint density at radius 2 is 1.00 bits per heavy atom. The van der Waals surface area contributed by atoms with Crippen molar-refractivity contribution >= 4 is 0 Å². The molecule has 1 unspecified atom stereocenters. The molecule has 0 nitrogen and oxygen atoms in total. The van der Waals surface area contributed by atoms with Crippen LogP contribution in [0.4, 0.5) is 0 Å². The van der Waals surface area contributed by atoms with E-state index in [0.717, 1.165) is 5.92 Å². The fraction of sp³-hybridized carbons (Fsp3) is 0.778. The van der Waals surface area contributed by atoms with Gasteiger partial charge in [-0.1, -0.05) is 123 Å². The lowest BCUT2D eigenvalue weighted by atomic mass is 9.70. The Morgan fingerprint density at radius 3 is 1.22 bits per heavy atom. The largest absolute Gasteiger partial charge is 0.0776 e. The van der Waals surface area contributed by atoms with Crippen molar-refractivity contribution in [2.24, 2.45) is 11.3 Å². The molecule has 0 spiro atoms. The quantitative estimate of drug-likeness (QED) is 0.491. The van der Waals surface area contributed by atoms with Crippen molar-refractivity contribution in [3.63, 3.8) is 0 Å². The minimum atomic E-state index is 0. The van der Waals surface area contributed by atoms with Gasteiger partial charge in [-0.05, 0) is 51.2 Å². The van der Waals surface area contributed by atoms with E-state index in [-0.39, 0.29) is 31.1 Å². The molecule has 0 aliphatic rings. The van der Waals surface area contributed by atoms with E-state index in [4.69, 9.17) is 0 Å². The summed E-state index contributed by atoms with van der Waals surface area (Å²) in [6.45, 7) is 29.8. The second kappa shape index (κ2) is 11.3. The summed E-state index contributed by atoms with van der Waals surface area (Å²) in [5.41, 5.74) is 5.14. The maximum Gasteiger partial charge on any atom is -0.0111 e. The molecule has 0 saturated heterocycles. The molecule has 0 heterocycles. The third kappa shape index (κ3) is 9.82. The Hall–Kier alpha value is -0.780. The van der Waals surface area contributed by atoms with Gasteiger partial charge in [0.2, 0.25) is 0 Å². The first kappa shape index (κ1) is 30.9. The number of benzene rings is 1. The van der Waals surface area contributed by atoms with Gasteiger partial charge in [-0.25, -0.2) is 0 Å². The molecular formula is C27H54. The summed E-state index contributed by atoms with van der Waals surface area (Å²) < 4.78 is 0. The second-order valence-corrected chi connectivity index (χ2v) is 10.9. The zero-order valence-electron chi connectivity index (χ0n) is 19.6. The average molecular weight is 379 g/mol. The van der Waals surface area contributed by atoms with Crippen molar-refractivity contribution in [1.29, 1.82) is 0 Å². The smallest absolute Gasteiger partial charge is 0.0111 e. The minimum absolute atomic E-state index is 0. The number of hydrogen-bond acceptors (Lipinski definition) is 0. The standard InChI is InChI=1S/C23H40.C2H6.2CH4/c1-16(2)12-20(23(9,10)11)17-13-18(21(3,4)5)15-19(14-17)22(6,7)8;1-2;;/h13-16,20H,12H2,1-11H3;1-2H3;2*1H4. The molecular weight excluding hydrogens is 324 g/mol. The monoisotopic (exact) mass is 378 g/mol. The first-order valence-corrected chi connectivity index (χ1v) is 10.3. The van der Waals surface area contributed by atoms with Gasteiger partial charge in [0.25, 0.3) is 0 Å². The highest BCUT2D eigenvalue weighted by molar-refractivity contribution is 5.39. The highest BCUT2D eigenvalue weighted by atomic mass is 14.3. The van der Waals surface area contributed by atoms with Gasteiger partial charge in [0.1, 0.15) is 0 Å². The Labute approximate surface area is 174 Å².